The lowest BCUT2D eigenvalue weighted by molar-refractivity contribution is 0.653. The van der Waals surface area contributed by atoms with Gasteiger partial charge >= 0.3 is 0 Å². The largest absolute Gasteiger partial charge is 0.399 e. The van der Waals surface area contributed by atoms with E-state index in [4.69, 9.17) is 17.3 Å². The zero-order valence-corrected chi connectivity index (χ0v) is 14.5. The van der Waals surface area contributed by atoms with E-state index in [-0.39, 0.29) is 0 Å². The van der Waals surface area contributed by atoms with Crippen LogP contribution in [0.5, 0.6) is 0 Å². The van der Waals surface area contributed by atoms with Crippen LogP contribution in [0.15, 0.2) is 42.5 Å². The van der Waals surface area contributed by atoms with Crippen LogP contribution in [-0.2, 0) is 0 Å². The molecule has 110 valence electrons. The molecular formula is C16H17ClIN3. The molecule has 0 bridgehead atoms. The molecule has 0 radical (unpaired) electrons. The van der Waals surface area contributed by atoms with E-state index in [1.807, 2.05) is 30.3 Å². The lowest BCUT2D eigenvalue weighted by atomic mass is 10.2. The number of hydrogen-bond acceptors (Lipinski definition) is 3. The van der Waals surface area contributed by atoms with Crippen molar-refractivity contribution in [3.8, 4) is 0 Å². The molecule has 5 heteroatoms. The van der Waals surface area contributed by atoms with Crippen molar-refractivity contribution in [1.29, 1.82) is 0 Å². The van der Waals surface area contributed by atoms with Gasteiger partial charge in [-0.3, -0.25) is 0 Å². The van der Waals surface area contributed by atoms with E-state index in [1.54, 1.807) is 0 Å². The maximum absolute atomic E-state index is 6.28. The topological polar surface area (TPSA) is 32.5 Å². The van der Waals surface area contributed by atoms with Crippen LogP contribution in [0.2, 0.25) is 5.02 Å². The summed E-state index contributed by atoms with van der Waals surface area (Å²) >= 11 is 8.64. The lowest BCUT2D eigenvalue weighted by Crippen LogP contribution is -2.46. The third kappa shape index (κ3) is 3.21. The maximum Gasteiger partial charge on any atom is 0.0639 e. The number of nitrogens with two attached hydrogens (primary N) is 1. The molecule has 0 saturated carbocycles. The Kier molecular flexibility index (Phi) is 4.45. The number of para-hydroxylation sites is 1. The number of hydrogen-bond donors (Lipinski definition) is 1. The van der Waals surface area contributed by atoms with Crippen LogP contribution in [0.4, 0.5) is 17.1 Å². The van der Waals surface area contributed by atoms with Crippen molar-refractivity contribution in [3.63, 3.8) is 0 Å². The van der Waals surface area contributed by atoms with Gasteiger partial charge < -0.3 is 15.5 Å². The fraction of sp³-hybridized carbons (Fsp3) is 0.250. The molecule has 0 unspecified atom stereocenters. The molecule has 1 saturated heterocycles. The molecule has 0 spiro atoms. The van der Waals surface area contributed by atoms with Crippen molar-refractivity contribution in [3.05, 3.63) is 51.1 Å². The molecule has 3 nitrogen and oxygen atoms in total. The van der Waals surface area contributed by atoms with E-state index in [0.29, 0.717) is 0 Å². The molecule has 2 N–H and O–H groups in total. The van der Waals surface area contributed by atoms with Crippen molar-refractivity contribution in [2.45, 2.75) is 0 Å². The molecule has 0 aliphatic carbocycles. The van der Waals surface area contributed by atoms with Gasteiger partial charge in [0.15, 0.2) is 0 Å². The molecule has 1 heterocycles. The third-order valence-electron chi connectivity index (χ3n) is 3.79. The van der Waals surface area contributed by atoms with Crippen LogP contribution in [0.3, 0.4) is 0 Å². The second-order valence-corrected chi connectivity index (χ2v) is 6.71. The van der Waals surface area contributed by atoms with Crippen molar-refractivity contribution in [2.24, 2.45) is 0 Å². The Morgan fingerprint density at radius 2 is 1.52 bits per heavy atom. The maximum atomic E-state index is 6.28. The minimum atomic E-state index is 0.817. The summed E-state index contributed by atoms with van der Waals surface area (Å²) in [7, 11) is 0. The summed E-state index contributed by atoms with van der Waals surface area (Å²) in [5.41, 5.74) is 9.04. The van der Waals surface area contributed by atoms with Crippen molar-refractivity contribution in [2.75, 3.05) is 41.7 Å². The van der Waals surface area contributed by atoms with Gasteiger partial charge in [-0.05, 0) is 52.9 Å². The van der Waals surface area contributed by atoms with Gasteiger partial charge in [0, 0.05) is 35.4 Å². The van der Waals surface area contributed by atoms with Gasteiger partial charge in [-0.2, -0.15) is 0 Å². The van der Waals surface area contributed by atoms with E-state index < -0.39 is 0 Å². The van der Waals surface area contributed by atoms with Gasteiger partial charge in [0.1, 0.15) is 0 Å². The first kappa shape index (κ1) is 14.8. The summed E-state index contributed by atoms with van der Waals surface area (Å²) in [5.74, 6) is 0. The summed E-state index contributed by atoms with van der Waals surface area (Å²) in [5, 5.41) is 0.827. The standard InChI is InChI=1S/C16H17ClIN3/c17-13-3-1-2-4-15(13)20-7-9-21(10-8-20)16-6-5-12(19)11-14(16)18/h1-6,11H,7-10,19H2. The van der Waals surface area contributed by atoms with Crippen LogP contribution in [0.25, 0.3) is 0 Å². The number of rotatable bonds is 2. The summed E-state index contributed by atoms with van der Waals surface area (Å²) in [6, 6.07) is 14.2. The minimum Gasteiger partial charge on any atom is -0.399 e. The molecule has 21 heavy (non-hydrogen) atoms. The van der Waals surface area contributed by atoms with Crippen molar-refractivity contribution < 1.29 is 0 Å². The number of piperazine rings is 1. The zero-order chi connectivity index (χ0) is 14.8. The van der Waals surface area contributed by atoms with Gasteiger partial charge in [0.2, 0.25) is 0 Å². The Morgan fingerprint density at radius 1 is 0.905 bits per heavy atom. The Morgan fingerprint density at radius 3 is 2.14 bits per heavy atom. The first-order valence-corrected chi connectivity index (χ1v) is 8.40. The Hall–Kier alpha value is -1.14. The first-order valence-electron chi connectivity index (χ1n) is 6.94. The van der Waals surface area contributed by atoms with Gasteiger partial charge in [-0.1, -0.05) is 23.7 Å². The number of nitrogens with zero attached hydrogens (tertiary/aromatic N) is 2. The molecule has 1 aliphatic rings. The second kappa shape index (κ2) is 6.32. The molecule has 1 aliphatic heterocycles. The number of halogens is 2. The van der Waals surface area contributed by atoms with E-state index in [2.05, 4.69) is 44.5 Å². The van der Waals surface area contributed by atoms with Crippen LogP contribution in [0.1, 0.15) is 0 Å². The quantitative estimate of drug-likeness (QED) is 0.599. The first-order chi connectivity index (χ1) is 10.1. The fourth-order valence-electron chi connectivity index (χ4n) is 2.68. The highest BCUT2D eigenvalue weighted by Crippen LogP contribution is 2.29. The third-order valence-corrected chi connectivity index (χ3v) is 4.97. The van der Waals surface area contributed by atoms with E-state index >= 15 is 0 Å². The average molecular weight is 414 g/mol. The van der Waals surface area contributed by atoms with Crippen molar-refractivity contribution in [1.82, 2.24) is 0 Å². The zero-order valence-electron chi connectivity index (χ0n) is 11.6. The second-order valence-electron chi connectivity index (χ2n) is 5.14. The van der Waals surface area contributed by atoms with Crippen LogP contribution in [-0.4, -0.2) is 26.2 Å². The lowest BCUT2D eigenvalue weighted by Gasteiger charge is -2.38. The predicted molar refractivity (Wildman–Crippen MR) is 99.4 cm³/mol. The fourth-order valence-corrected chi connectivity index (χ4v) is 3.81. The highest BCUT2D eigenvalue weighted by molar-refractivity contribution is 14.1. The summed E-state index contributed by atoms with van der Waals surface area (Å²) in [4.78, 5) is 4.76. The predicted octanol–water partition coefficient (Wildman–Crippen LogP) is 3.85. The Labute approximate surface area is 143 Å². The van der Waals surface area contributed by atoms with Gasteiger partial charge in [0.25, 0.3) is 0 Å². The molecule has 1 fully saturated rings. The van der Waals surface area contributed by atoms with E-state index in [1.165, 1.54) is 9.26 Å². The van der Waals surface area contributed by atoms with Gasteiger partial charge in [0.05, 0.1) is 16.4 Å². The SMILES string of the molecule is Nc1ccc(N2CCN(c3ccccc3Cl)CC2)c(I)c1. The molecular weight excluding hydrogens is 397 g/mol. The molecule has 2 aromatic rings. The van der Waals surface area contributed by atoms with E-state index in [9.17, 15) is 0 Å². The van der Waals surface area contributed by atoms with Crippen molar-refractivity contribution >= 4 is 51.3 Å². The molecule has 3 rings (SSSR count). The summed E-state index contributed by atoms with van der Waals surface area (Å²) < 4.78 is 1.21. The van der Waals surface area contributed by atoms with Gasteiger partial charge in [-0.25, -0.2) is 0 Å². The van der Waals surface area contributed by atoms with Crippen LogP contribution in [0, 0.1) is 3.57 Å². The molecule has 0 atom stereocenters. The number of anilines is 3. The van der Waals surface area contributed by atoms with Crippen LogP contribution >= 0.6 is 34.2 Å². The molecule has 0 aromatic heterocycles. The highest BCUT2D eigenvalue weighted by atomic mass is 127. The average Bonchev–Trinajstić information content (AvgIpc) is 2.48. The number of nitrogen functional groups attached to an aromatic ring is 1. The number of benzene rings is 2. The van der Waals surface area contributed by atoms with Crippen LogP contribution < -0.4 is 15.5 Å². The summed E-state index contributed by atoms with van der Waals surface area (Å²) in [6.07, 6.45) is 0. The molecule has 2 aromatic carbocycles. The normalized spacial score (nSPS) is 15.3. The monoisotopic (exact) mass is 413 g/mol. The Balaban J connectivity index is 1.72. The minimum absolute atomic E-state index is 0.817. The highest BCUT2D eigenvalue weighted by Gasteiger charge is 2.20. The van der Waals surface area contributed by atoms with Gasteiger partial charge in [-0.15, -0.1) is 0 Å². The smallest absolute Gasteiger partial charge is 0.0639 e. The van der Waals surface area contributed by atoms with E-state index in [0.717, 1.165) is 42.6 Å². The summed E-state index contributed by atoms with van der Waals surface area (Å²) in [6.45, 7) is 3.94. The molecule has 0 amide bonds. The Bertz CT molecular complexity index is 639.